The first-order valence-corrected chi connectivity index (χ1v) is 9.38. The molecule has 0 saturated heterocycles. The Morgan fingerprint density at radius 3 is 2.25 bits per heavy atom. The molecule has 4 N–H and O–H groups in total. The van der Waals surface area contributed by atoms with Gasteiger partial charge in [-0.05, 0) is 51.9 Å². The van der Waals surface area contributed by atoms with Gasteiger partial charge in [0, 0.05) is 25.0 Å². The molecule has 28 heavy (non-hydrogen) atoms. The van der Waals surface area contributed by atoms with Gasteiger partial charge in [-0.25, -0.2) is 4.39 Å². The van der Waals surface area contributed by atoms with Gasteiger partial charge in [-0.3, -0.25) is 14.4 Å². The third kappa shape index (κ3) is 10.0. The lowest BCUT2D eigenvalue weighted by molar-refractivity contribution is -0.132. The molecule has 0 bridgehead atoms. The second kappa shape index (κ2) is 11.4. The zero-order valence-electron chi connectivity index (χ0n) is 17.0. The molecule has 1 atom stereocenters. The standard InChI is InChI=1S/C20H31FN4O3/c1-20(2,3)25-18(27)13-16(19(28)23-12-11-22-4)24-17(26)10-7-14-5-8-15(21)9-6-14/h5-6,8-9,16,22H,7,10-13H2,1-4H3,(H,23,28)(H,24,26)(H,25,27)/t16-/m0/s1. The molecule has 0 heterocycles. The van der Waals surface area contributed by atoms with E-state index in [0.717, 1.165) is 5.56 Å². The maximum absolute atomic E-state index is 12.9. The van der Waals surface area contributed by atoms with Crippen molar-refractivity contribution in [3.8, 4) is 0 Å². The van der Waals surface area contributed by atoms with E-state index >= 15 is 0 Å². The molecular weight excluding hydrogens is 363 g/mol. The summed E-state index contributed by atoms with van der Waals surface area (Å²) in [6, 6.07) is 4.94. The summed E-state index contributed by atoms with van der Waals surface area (Å²) in [6.45, 7) is 6.49. The summed E-state index contributed by atoms with van der Waals surface area (Å²) in [4.78, 5) is 36.9. The normalized spacial score (nSPS) is 12.2. The molecular formula is C20H31FN4O3. The van der Waals surface area contributed by atoms with E-state index in [0.29, 0.717) is 19.5 Å². The molecule has 1 rings (SSSR count). The molecule has 1 aromatic carbocycles. The van der Waals surface area contributed by atoms with Gasteiger partial charge in [-0.15, -0.1) is 0 Å². The van der Waals surface area contributed by atoms with Crippen LogP contribution in [0.3, 0.4) is 0 Å². The fraction of sp³-hybridized carbons (Fsp3) is 0.550. The highest BCUT2D eigenvalue weighted by molar-refractivity contribution is 5.92. The number of hydrogen-bond donors (Lipinski definition) is 4. The Bertz CT molecular complexity index is 656. The molecule has 3 amide bonds. The van der Waals surface area contributed by atoms with Crippen molar-refractivity contribution in [2.75, 3.05) is 20.1 Å². The molecule has 1 aromatic rings. The van der Waals surface area contributed by atoms with Crippen molar-refractivity contribution in [1.29, 1.82) is 0 Å². The van der Waals surface area contributed by atoms with Crippen molar-refractivity contribution in [3.63, 3.8) is 0 Å². The Labute approximate surface area is 165 Å². The molecule has 0 aliphatic rings. The second-order valence-electron chi connectivity index (χ2n) is 7.64. The largest absolute Gasteiger partial charge is 0.353 e. The smallest absolute Gasteiger partial charge is 0.243 e. The summed E-state index contributed by atoms with van der Waals surface area (Å²) in [5.74, 6) is -1.41. The quantitative estimate of drug-likeness (QED) is 0.443. The number of carbonyl (C=O) groups excluding carboxylic acids is 3. The molecule has 0 aliphatic carbocycles. The molecule has 0 radical (unpaired) electrons. The van der Waals surface area contributed by atoms with Gasteiger partial charge in [-0.1, -0.05) is 12.1 Å². The van der Waals surface area contributed by atoms with Gasteiger partial charge >= 0.3 is 0 Å². The summed E-state index contributed by atoms with van der Waals surface area (Å²) in [7, 11) is 1.76. The lowest BCUT2D eigenvalue weighted by atomic mass is 10.1. The van der Waals surface area contributed by atoms with E-state index in [2.05, 4.69) is 21.3 Å². The Balaban J connectivity index is 2.65. The summed E-state index contributed by atoms with van der Waals surface area (Å²) in [5, 5.41) is 11.0. The third-order valence-corrected chi connectivity index (χ3v) is 3.78. The van der Waals surface area contributed by atoms with Gasteiger partial charge in [0.25, 0.3) is 0 Å². The van der Waals surface area contributed by atoms with Crippen LogP contribution in [0.1, 0.15) is 39.2 Å². The van der Waals surface area contributed by atoms with E-state index in [-0.39, 0.29) is 30.5 Å². The van der Waals surface area contributed by atoms with Crippen molar-refractivity contribution >= 4 is 17.7 Å². The van der Waals surface area contributed by atoms with Crippen LogP contribution in [0.5, 0.6) is 0 Å². The first-order valence-electron chi connectivity index (χ1n) is 9.38. The molecule has 0 spiro atoms. The van der Waals surface area contributed by atoms with Crippen molar-refractivity contribution in [2.24, 2.45) is 0 Å². The molecule has 8 heteroatoms. The predicted molar refractivity (Wildman–Crippen MR) is 106 cm³/mol. The highest BCUT2D eigenvalue weighted by Crippen LogP contribution is 2.06. The van der Waals surface area contributed by atoms with E-state index in [1.54, 1.807) is 19.2 Å². The monoisotopic (exact) mass is 394 g/mol. The van der Waals surface area contributed by atoms with Crippen LogP contribution < -0.4 is 21.3 Å². The number of amides is 3. The van der Waals surface area contributed by atoms with Gasteiger partial charge < -0.3 is 21.3 Å². The highest BCUT2D eigenvalue weighted by atomic mass is 19.1. The van der Waals surface area contributed by atoms with E-state index in [9.17, 15) is 18.8 Å². The van der Waals surface area contributed by atoms with Crippen LogP contribution >= 0.6 is 0 Å². The van der Waals surface area contributed by atoms with Crippen molar-refractivity contribution < 1.29 is 18.8 Å². The van der Waals surface area contributed by atoms with Gasteiger partial charge in [0.05, 0.1) is 6.42 Å². The number of hydrogen-bond acceptors (Lipinski definition) is 4. The lowest BCUT2D eigenvalue weighted by Gasteiger charge is -2.23. The molecule has 0 unspecified atom stereocenters. The third-order valence-electron chi connectivity index (χ3n) is 3.78. The van der Waals surface area contributed by atoms with E-state index in [1.807, 2.05) is 20.8 Å². The molecule has 0 fully saturated rings. The van der Waals surface area contributed by atoms with Gasteiger partial charge in [0.1, 0.15) is 11.9 Å². The Morgan fingerprint density at radius 1 is 1.04 bits per heavy atom. The predicted octanol–water partition coefficient (Wildman–Crippen LogP) is 0.884. The number of carbonyl (C=O) groups is 3. The SMILES string of the molecule is CNCCNC(=O)[C@H](CC(=O)NC(C)(C)C)NC(=O)CCc1ccc(F)cc1. The molecule has 0 saturated carbocycles. The van der Waals surface area contributed by atoms with Crippen LogP contribution in [0.4, 0.5) is 4.39 Å². The Morgan fingerprint density at radius 2 is 1.68 bits per heavy atom. The fourth-order valence-electron chi connectivity index (χ4n) is 2.47. The minimum Gasteiger partial charge on any atom is -0.353 e. The lowest BCUT2D eigenvalue weighted by Crippen LogP contribution is -2.51. The second-order valence-corrected chi connectivity index (χ2v) is 7.64. The first-order chi connectivity index (χ1) is 13.1. The Hall–Kier alpha value is -2.48. The average molecular weight is 394 g/mol. The van der Waals surface area contributed by atoms with Crippen molar-refractivity contribution in [3.05, 3.63) is 35.6 Å². The zero-order valence-corrected chi connectivity index (χ0v) is 17.0. The molecule has 0 aliphatic heterocycles. The molecule has 7 nitrogen and oxygen atoms in total. The van der Waals surface area contributed by atoms with Crippen LogP contribution in [0.25, 0.3) is 0 Å². The summed E-state index contributed by atoms with van der Waals surface area (Å²) in [6.07, 6.45) is 0.395. The summed E-state index contributed by atoms with van der Waals surface area (Å²) >= 11 is 0. The average Bonchev–Trinajstić information content (AvgIpc) is 2.59. The number of benzene rings is 1. The number of rotatable bonds is 10. The van der Waals surface area contributed by atoms with Crippen LogP contribution in [-0.4, -0.2) is 49.4 Å². The minimum absolute atomic E-state index is 0.132. The maximum atomic E-state index is 12.9. The van der Waals surface area contributed by atoms with E-state index in [4.69, 9.17) is 0 Å². The van der Waals surface area contributed by atoms with Crippen LogP contribution in [0, 0.1) is 5.82 Å². The Kier molecular flexibility index (Phi) is 9.58. The molecule has 156 valence electrons. The molecule has 0 aromatic heterocycles. The van der Waals surface area contributed by atoms with Crippen LogP contribution in [0.2, 0.25) is 0 Å². The van der Waals surface area contributed by atoms with Crippen LogP contribution in [0.15, 0.2) is 24.3 Å². The highest BCUT2D eigenvalue weighted by Gasteiger charge is 2.25. The van der Waals surface area contributed by atoms with Gasteiger partial charge in [-0.2, -0.15) is 0 Å². The summed E-state index contributed by atoms with van der Waals surface area (Å²) in [5.41, 5.74) is 0.383. The van der Waals surface area contributed by atoms with Gasteiger partial charge in [0.15, 0.2) is 0 Å². The van der Waals surface area contributed by atoms with Gasteiger partial charge in [0.2, 0.25) is 17.7 Å². The van der Waals surface area contributed by atoms with Crippen molar-refractivity contribution in [1.82, 2.24) is 21.3 Å². The van der Waals surface area contributed by atoms with Crippen LogP contribution in [-0.2, 0) is 20.8 Å². The van der Waals surface area contributed by atoms with E-state index in [1.165, 1.54) is 12.1 Å². The number of aryl methyl sites for hydroxylation is 1. The summed E-state index contributed by atoms with van der Waals surface area (Å²) < 4.78 is 12.9. The maximum Gasteiger partial charge on any atom is 0.243 e. The zero-order chi connectivity index (χ0) is 21.2. The fourth-order valence-corrected chi connectivity index (χ4v) is 2.47. The van der Waals surface area contributed by atoms with E-state index < -0.39 is 17.5 Å². The number of likely N-dealkylation sites (N-methyl/N-ethyl adjacent to an activating group) is 1. The van der Waals surface area contributed by atoms with Crippen molar-refractivity contribution in [2.45, 2.75) is 51.6 Å². The number of nitrogens with one attached hydrogen (secondary N) is 4. The topological polar surface area (TPSA) is 99.3 Å². The first kappa shape index (κ1) is 23.6. The number of halogens is 1. The minimum atomic E-state index is -0.958.